The zero-order valence-electron chi connectivity index (χ0n) is 15.4. The van der Waals surface area contributed by atoms with E-state index in [1.54, 1.807) is 0 Å². The molecule has 1 aromatic rings. The molecule has 2 atom stereocenters. The average molecular weight is 420 g/mol. The lowest BCUT2D eigenvalue weighted by atomic mass is 10.0. The van der Waals surface area contributed by atoms with Gasteiger partial charge < -0.3 is 19.7 Å². The number of amides is 1. The third-order valence-corrected chi connectivity index (χ3v) is 6.50. The summed E-state index contributed by atoms with van der Waals surface area (Å²) in [6.45, 7) is 3.51. The summed E-state index contributed by atoms with van der Waals surface area (Å²) < 4.78 is 37.6. The van der Waals surface area contributed by atoms with Crippen molar-refractivity contribution in [3.8, 4) is 11.5 Å². The van der Waals surface area contributed by atoms with Gasteiger partial charge in [-0.05, 0) is 24.0 Å². The molecular weight excluding hydrogens is 394 g/mol. The van der Waals surface area contributed by atoms with Crippen LogP contribution in [0.4, 0.5) is 0 Å². The van der Waals surface area contributed by atoms with Crippen LogP contribution in [0.25, 0.3) is 0 Å². The van der Waals surface area contributed by atoms with Crippen LogP contribution >= 0.6 is 12.4 Å². The number of likely N-dealkylation sites (tertiary alicyclic amines) is 1. The molecule has 0 aromatic heterocycles. The van der Waals surface area contributed by atoms with E-state index >= 15 is 0 Å². The SMILES string of the molecule is COc1ccc(S(=O)(=O)NCCC(=O)N2C[C@H]3CNC[C@H]3C2)cc1OC.Cl. The summed E-state index contributed by atoms with van der Waals surface area (Å²) in [4.78, 5) is 14.2. The highest BCUT2D eigenvalue weighted by Gasteiger charge is 2.37. The van der Waals surface area contributed by atoms with Crippen LogP contribution in [0.15, 0.2) is 23.1 Å². The minimum Gasteiger partial charge on any atom is -0.493 e. The van der Waals surface area contributed by atoms with E-state index in [9.17, 15) is 13.2 Å². The van der Waals surface area contributed by atoms with E-state index in [0.717, 1.165) is 26.2 Å². The van der Waals surface area contributed by atoms with Crippen molar-refractivity contribution in [3.63, 3.8) is 0 Å². The van der Waals surface area contributed by atoms with Crippen LogP contribution in [-0.2, 0) is 14.8 Å². The molecular formula is C17H26ClN3O5S. The summed E-state index contributed by atoms with van der Waals surface area (Å²) in [5.41, 5.74) is 0. The van der Waals surface area contributed by atoms with Gasteiger partial charge in [-0.2, -0.15) is 0 Å². The predicted octanol–water partition coefficient (Wildman–Crippen LogP) is 0.472. The van der Waals surface area contributed by atoms with Gasteiger partial charge in [0, 0.05) is 45.2 Å². The molecule has 2 fully saturated rings. The molecule has 27 heavy (non-hydrogen) atoms. The summed E-state index contributed by atoms with van der Waals surface area (Å²) in [7, 11) is -0.788. The number of hydrogen-bond acceptors (Lipinski definition) is 6. The zero-order chi connectivity index (χ0) is 18.7. The number of nitrogens with one attached hydrogen (secondary N) is 2. The lowest BCUT2D eigenvalue weighted by molar-refractivity contribution is -0.130. The molecule has 0 aliphatic carbocycles. The van der Waals surface area contributed by atoms with Crippen molar-refractivity contribution in [1.29, 1.82) is 0 Å². The molecule has 0 spiro atoms. The second-order valence-corrected chi connectivity index (χ2v) is 8.41. The Hall–Kier alpha value is -1.55. The first kappa shape index (κ1) is 21.7. The van der Waals surface area contributed by atoms with Gasteiger partial charge in [0.2, 0.25) is 15.9 Å². The third kappa shape index (κ3) is 4.84. The van der Waals surface area contributed by atoms with Gasteiger partial charge in [0.05, 0.1) is 19.1 Å². The van der Waals surface area contributed by atoms with Crippen LogP contribution in [0.1, 0.15) is 6.42 Å². The largest absolute Gasteiger partial charge is 0.493 e. The molecule has 0 unspecified atom stereocenters. The number of fused-ring (bicyclic) bond motifs is 1. The molecule has 10 heteroatoms. The van der Waals surface area contributed by atoms with E-state index in [4.69, 9.17) is 9.47 Å². The fourth-order valence-electron chi connectivity index (χ4n) is 3.58. The molecule has 2 aliphatic heterocycles. The quantitative estimate of drug-likeness (QED) is 0.667. The summed E-state index contributed by atoms with van der Waals surface area (Å²) in [6.07, 6.45) is 0.152. The van der Waals surface area contributed by atoms with E-state index in [-0.39, 0.29) is 36.2 Å². The van der Waals surface area contributed by atoms with Gasteiger partial charge in [0.15, 0.2) is 11.5 Å². The Morgan fingerprint density at radius 3 is 2.41 bits per heavy atom. The molecule has 1 aromatic carbocycles. The van der Waals surface area contributed by atoms with Crippen molar-refractivity contribution < 1.29 is 22.7 Å². The van der Waals surface area contributed by atoms with Gasteiger partial charge >= 0.3 is 0 Å². The number of benzene rings is 1. The molecule has 2 N–H and O–H groups in total. The molecule has 0 bridgehead atoms. The van der Waals surface area contributed by atoms with E-state index in [1.807, 2.05) is 4.90 Å². The Kier molecular flexibility index (Phi) is 7.32. The number of carbonyl (C=O) groups excluding carboxylic acids is 1. The van der Waals surface area contributed by atoms with Gasteiger partial charge in [-0.15, -0.1) is 12.4 Å². The number of rotatable bonds is 7. The lowest BCUT2D eigenvalue weighted by Gasteiger charge is -2.17. The molecule has 3 rings (SSSR count). The minimum absolute atomic E-state index is 0. The monoisotopic (exact) mass is 419 g/mol. The summed E-state index contributed by atoms with van der Waals surface area (Å²) >= 11 is 0. The van der Waals surface area contributed by atoms with Crippen molar-refractivity contribution in [2.75, 3.05) is 46.9 Å². The highest BCUT2D eigenvalue weighted by atomic mass is 35.5. The van der Waals surface area contributed by atoms with Crippen LogP contribution in [-0.4, -0.2) is 66.2 Å². The lowest BCUT2D eigenvalue weighted by Crippen LogP contribution is -2.35. The van der Waals surface area contributed by atoms with Crippen LogP contribution in [0.5, 0.6) is 11.5 Å². The van der Waals surface area contributed by atoms with Crippen molar-refractivity contribution in [2.45, 2.75) is 11.3 Å². The zero-order valence-corrected chi connectivity index (χ0v) is 17.1. The van der Waals surface area contributed by atoms with Gasteiger partial charge in [-0.1, -0.05) is 0 Å². The first-order chi connectivity index (χ1) is 12.4. The van der Waals surface area contributed by atoms with Crippen molar-refractivity contribution >= 4 is 28.3 Å². The highest BCUT2D eigenvalue weighted by molar-refractivity contribution is 7.89. The maximum Gasteiger partial charge on any atom is 0.240 e. The Labute approximate surface area is 166 Å². The smallest absolute Gasteiger partial charge is 0.240 e. The van der Waals surface area contributed by atoms with Crippen LogP contribution in [0.2, 0.25) is 0 Å². The number of ether oxygens (including phenoxy) is 2. The van der Waals surface area contributed by atoms with Crippen LogP contribution in [0, 0.1) is 11.8 Å². The summed E-state index contributed by atoms with van der Waals surface area (Å²) in [5.74, 6) is 1.85. The minimum atomic E-state index is -3.72. The predicted molar refractivity (Wildman–Crippen MR) is 103 cm³/mol. The Morgan fingerprint density at radius 1 is 1.19 bits per heavy atom. The maximum absolute atomic E-state index is 12.4. The van der Waals surface area contributed by atoms with Crippen molar-refractivity contribution in [1.82, 2.24) is 14.9 Å². The average Bonchev–Trinajstić information content (AvgIpc) is 3.22. The van der Waals surface area contributed by atoms with E-state index in [1.165, 1.54) is 32.4 Å². The number of nitrogens with zero attached hydrogens (tertiary/aromatic N) is 1. The first-order valence-corrected chi connectivity index (χ1v) is 10.1. The van der Waals surface area contributed by atoms with Gasteiger partial charge in [0.25, 0.3) is 0 Å². The van der Waals surface area contributed by atoms with Crippen LogP contribution < -0.4 is 19.5 Å². The van der Waals surface area contributed by atoms with Crippen molar-refractivity contribution in [3.05, 3.63) is 18.2 Å². The molecule has 0 radical (unpaired) electrons. The Morgan fingerprint density at radius 2 is 1.81 bits per heavy atom. The molecule has 2 heterocycles. The second kappa shape index (κ2) is 9.09. The second-order valence-electron chi connectivity index (χ2n) is 6.64. The molecule has 2 saturated heterocycles. The molecule has 2 aliphatic rings. The van der Waals surface area contributed by atoms with Gasteiger partial charge in [-0.25, -0.2) is 13.1 Å². The number of carbonyl (C=O) groups is 1. The van der Waals surface area contributed by atoms with E-state index in [2.05, 4.69) is 10.0 Å². The third-order valence-electron chi connectivity index (χ3n) is 5.04. The van der Waals surface area contributed by atoms with E-state index in [0.29, 0.717) is 23.3 Å². The Balaban J connectivity index is 0.00000261. The number of halogens is 1. The normalized spacial score (nSPS) is 21.5. The summed E-state index contributed by atoms with van der Waals surface area (Å²) in [6, 6.07) is 4.38. The fraction of sp³-hybridized carbons (Fsp3) is 0.588. The number of methoxy groups -OCH3 is 2. The highest BCUT2D eigenvalue weighted by Crippen LogP contribution is 2.29. The van der Waals surface area contributed by atoms with E-state index < -0.39 is 10.0 Å². The van der Waals surface area contributed by atoms with Crippen LogP contribution in [0.3, 0.4) is 0 Å². The molecule has 152 valence electrons. The molecule has 0 saturated carbocycles. The number of sulfonamides is 1. The summed E-state index contributed by atoms with van der Waals surface area (Å²) in [5, 5.41) is 3.33. The van der Waals surface area contributed by atoms with Crippen molar-refractivity contribution in [2.24, 2.45) is 11.8 Å². The first-order valence-electron chi connectivity index (χ1n) is 8.65. The topological polar surface area (TPSA) is 97.0 Å². The van der Waals surface area contributed by atoms with Gasteiger partial charge in [0.1, 0.15) is 0 Å². The Bertz CT molecular complexity index is 762. The van der Waals surface area contributed by atoms with Gasteiger partial charge in [-0.3, -0.25) is 4.79 Å². The standard InChI is InChI=1S/C17H25N3O5S.ClH/c1-24-15-4-3-14(7-16(15)25-2)26(22,23)19-6-5-17(21)20-10-12-8-18-9-13(12)11-20;/h3-4,7,12-13,18-19H,5-6,8-11H2,1-2H3;1H/t12-,13+;. The molecule has 1 amide bonds. The maximum atomic E-state index is 12.4. The number of hydrogen-bond donors (Lipinski definition) is 2. The fourth-order valence-corrected chi connectivity index (χ4v) is 4.62. The molecule has 8 nitrogen and oxygen atoms in total.